The lowest BCUT2D eigenvalue weighted by molar-refractivity contribution is 0.0641. The maximum atomic E-state index is 12.8. The van der Waals surface area contributed by atoms with Gasteiger partial charge in [0.15, 0.2) is 0 Å². The Kier molecular flexibility index (Phi) is 6.06. The average Bonchev–Trinajstić information content (AvgIpc) is 3.17. The Hall–Kier alpha value is -2.92. The predicted molar refractivity (Wildman–Crippen MR) is 114 cm³/mol. The second-order valence-corrected chi connectivity index (χ2v) is 7.53. The van der Waals surface area contributed by atoms with Gasteiger partial charge in [-0.1, -0.05) is 54.6 Å². The number of carbonyl (C=O) groups is 1. The lowest BCUT2D eigenvalue weighted by Crippen LogP contribution is -2.30. The van der Waals surface area contributed by atoms with Crippen molar-refractivity contribution in [2.45, 2.75) is 32.2 Å². The van der Waals surface area contributed by atoms with Crippen molar-refractivity contribution in [2.75, 3.05) is 19.8 Å². The first-order valence-corrected chi connectivity index (χ1v) is 10.3. The molecule has 2 aromatic carbocycles. The molecule has 0 unspecified atom stereocenters. The molecule has 3 aromatic rings. The number of nitrogens with zero attached hydrogens (tertiary/aromatic N) is 2. The standard InChI is InChI=1S/C24H27N3O2/c1-18-16-23(27(26-18)22-11-14-29-15-12-22)24(28)25-13-10-19-6-5-9-21(17-19)20-7-3-2-4-8-20/h2-9,16-17,22H,10-15H2,1H3,(H,25,28). The molecule has 0 saturated carbocycles. The zero-order valence-electron chi connectivity index (χ0n) is 16.8. The summed E-state index contributed by atoms with van der Waals surface area (Å²) in [6, 6.07) is 20.9. The summed E-state index contributed by atoms with van der Waals surface area (Å²) < 4.78 is 7.33. The van der Waals surface area contributed by atoms with E-state index in [9.17, 15) is 4.79 Å². The molecule has 0 aliphatic carbocycles. The van der Waals surface area contributed by atoms with E-state index in [1.807, 2.05) is 35.9 Å². The van der Waals surface area contributed by atoms with Gasteiger partial charge in [0, 0.05) is 19.8 Å². The van der Waals surface area contributed by atoms with Crippen LogP contribution in [0.15, 0.2) is 60.7 Å². The zero-order valence-corrected chi connectivity index (χ0v) is 16.8. The fourth-order valence-electron chi connectivity index (χ4n) is 3.84. The number of amides is 1. The van der Waals surface area contributed by atoms with Gasteiger partial charge in [-0.3, -0.25) is 9.48 Å². The number of ether oxygens (including phenoxy) is 1. The van der Waals surface area contributed by atoms with Crippen LogP contribution in [0.3, 0.4) is 0 Å². The quantitative estimate of drug-likeness (QED) is 0.688. The lowest BCUT2D eigenvalue weighted by atomic mass is 10.0. The topological polar surface area (TPSA) is 56.2 Å². The van der Waals surface area contributed by atoms with Crippen LogP contribution in [-0.4, -0.2) is 35.4 Å². The molecular formula is C24H27N3O2. The molecular weight excluding hydrogens is 362 g/mol. The fraction of sp³-hybridized carbons (Fsp3) is 0.333. The van der Waals surface area contributed by atoms with Crippen LogP contribution in [0, 0.1) is 6.92 Å². The summed E-state index contributed by atoms with van der Waals surface area (Å²) in [5, 5.41) is 7.64. The van der Waals surface area contributed by atoms with Crippen molar-refractivity contribution in [1.82, 2.24) is 15.1 Å². The summed E-state index contributed by atoms with van der Waals surface area (Å²) >= 11 is 0. The molecule has 2 heterocycles. The van der Waals surface area contributed by atoms with Crippen molar-refractivity contribution in [2.24, 2.45) is 0 Å². The van der Waals surface area contributed by atoms with Gasteiger partial charge in [-0.15, -0.1) is 0 Å². The molecule has 1 saturated heterocycles. The number of hydrogen-bond donors (Lipinski definition) is 1. The van der Waals surface area contributed by atoms with Gasteiger partial charge in [-0.25, -0.2) is 0 Å². The number of benzene rings is 2. The third kappa shape index (κ3) is 4.74. The molecule has 1 aliphatic rings. The number of aryl methyl sites for hydroxylation is 1. The largest absolute Gasteiger partial charge is 0.381 e. The molecule has 1 fully saturated rings. The Labute approximate surface area is 171 Å². The van der Waals surface area contributed by atoms with E-state index in [-0.39, 0.29) is 11.9 Å². The van der Waals surface area contributed by atoms with E-state index in [0.29, 0.717) is 12.2 Å². The Morgan fingerprint density at radius 3 is 2.62 bits per heavy atom. The molecule has 1 amide bonds. The molecule has 29 heavy (non-hydrogen) atoms. The number of aromatic nitrogens is 2. The van der Waals surface area contributed by atoms with Gasteiger partial charge in [-0.2, -0.15) is 5.10 Å². The van der Waals surface area contributed by atoms with E-state index in [1.165, 1.54) is 16.7 Å². The van der Waals surface area contributed by atoms with Gasteiger partial charge in [0.2, 0.25) is 0 Å². The Balaban J connectivity index is 1.39. The van der Waals surface area contributed by atoms with Crippen molar-refractivity contribution in [3.8, 4) is 11.1 Å². The lowest BCUT2D eigenvalue weighted by Gasteiger charge is -2.24. The smallest absolute Gasteiger partial charge is 0.269 e. The van der Waals surface area contributed by atoms with Crippen LogP contribution in [0.25, 0.3) is 11.1 Å². The van der Waals surface area contributed by atoms with E-state index >= 15 is 0 Å². The van der Waals surface area contributed by atoms with Crippen molar-refractivity contribution >= 4 is 5.91 Å². The maximum Gasteiger partial charge on any atom is 0.269 e. The Morgan fingerprint density at radius 1 is 1.07 bits per heavy atom. The minimum atomic E-state index is -0.0590. The fourth-order valence-corrected chi connectivity index (χ4v) is 3.84. The summed E-state index contributed by atoms with van der Waals surface area (Å²) in [7, 11) is 0. The molecule has 0 spiro atoms. The third-order valence-corrected chi connectivity index (χ3v) is 5.36. The summed E-state index contributed by atoms with van der Waals surface area (Å²) in [5.41, 5.74) is 5.13. The van der Waals surface area contributed by atoms with Gasteiger partial charge in [0.1, 0.15) is 5.69 Å². The normalized spacial score (nSPS) is 14.7. The molecule has 1 aromatic heterocycles. The Bertz CT molecular complexity index is 959. The monoisotopic (exact) mass is 389 g/mol. The number of hydrogen-bond acceptors (Lipinski definition) is 3. The highest BCUT2D eigenvalue weighted by molar-refractivity contribution is 5.92. The van der Waals surface area contributed by atoms with Crippen molar-refractivity contribution < 1.29 is 9.53 Å². The maximum absolute atomic E-state index is 12.8. The molecule has 1 N–H and O–H groups in total. The van der Waals surface area contributed by atoms with Crippen LogP contribution in [-0.2, 0) is 11.2 Å². The van der Waals surface area contributed by atoms with E-state index in [2.05, 4.69) is 46.8 Å². The highest BCUT2D eigenvalue weighted by Crippen LogP contribution is 2.23. The second kappa shape index (κ2) is 9.05. The third-order valence-electron chi connectivity index (χ3n) is 5.36. The second-order valence-electron chi connectivity index (χ2n) is 7.53. The van der Waals surface area contributed by atoms with Gasteiger partial charge < -0.3 is 10.1 Å². The first-order chi connectivity index (χ1) is 14.2. The van der Waals surface area contributed by atoms with Gasteiger partial charge in [0.05, 0.1) is 11.7 Å². The van der Waals surface area contributed by atoms with E-state index in [1.54, 1.807) is 0 Å². The van der Waals surface area contributed by atoms with Crippen molar-refractivity contribution in [3.05, 3.63) is 77.6 Å². The molecule has 0 atom stereocenters. The first kappa shape index (κ1) is 19.4. The average molecular weight is 389 g/mol. The van der Waals surface area contributed by atoms with Gasteiger partial charge in [0.25, 0.3) is 5.91 Å². The molecule has 4 rings (SSSR count). The van der Waals surface area contributed by atoms with Crippen molar-refractivity contribution in [3.63, 3.8) is 0 Å². The van der Waals surface area contributed by atoms with E-state index in [0.717, 1.165) is 38.2 Å². The summed E-state index contributed by atoms with van der Waals surface area (Å²) in [4.78, 5) is 12.8. The molecule has 0 radical (unpaired) electrons. The van der Waals surface area contributed by atoms with E-state index < -0.39 is 0 Å². The predicted octanol–water partition coefficient (Wildman–Crippen LogP) is 4.18. The number of rotatable bonds is 6. The first-order valence-electron chi connectivity index (χ1n) is 10.3. The van der Waals surface area contributed by atoms with Crippen LogP contribution >= 0.6 is 0 Å². The summed E-state index contributed by atoms with van der Waals surface area (Å²) in [6.45, 7) is 3.97. The minimum absolute atomic E-state index is 0.0590. The zero-order chi connectivity index (χ0) is 20.1. The number of carbonyl (C=O) groups excluding carboxylic acids is 1. The van der Waals surface area contributed by atoms with Gasteiger partial charge >= 0.3 is 0 Å². The number of nitrogens with one attached hydrogen (secondary N) is 1. The van der Waals surface area contributed by atoms with Gasteiger partial charge in [-0.05, 0) is 48.9 Å². The van der Waals surface area contributed by atoms with Crippen molar-refractivity contribution in [1.29, 1.82) is 0 Å². The molecule has 1 aliphatic heterocycles. The molecule has 0 bridgehead atoms. The van der Waals surface area contributed by atoms with Crippen LogP contribution < -0.4 is 5.32 Å². The highest BCUT2D eigenvalue weighted by atomic mass is 16.5. The molecule has 5 nitrogen and oxygen atoms in total. The SMILES string of the molecule is Cc1cc(C(=O)NCCc2cccc(-c3ccccc3)c2)n(C2CCOCC2)n1. The van der Waals surface area contributed by atoms with Crippen LogP contribution in [0.1, 0.15) is 40.6 Å². The molecule has 5 heteroatoms. The Morgan fingerprint density at radius 2 is 1.83 bits per heavy atom. The molecule has 150 valence electrons. The van der Waals surface area contributed by atoms with E-state index in [4.69, 9.17) is 4.74 Å². The van der Waals surface area contributed by atoms with Crippen LogP contribution in [0.2, 0.25) is 0 Å². The minimum Gasteiger partial charge on any atom is -0.381 e. The summed E-state index contributed by atoms with van der Waals surface area (Å²) in [5.74, 6) is -0.0590. The highest BCUT2D eigenvalue weighted by Gasteiger charge is 2.22. The van der Waals surface area contributed by atoms with Crippen LogP contribution in [0.5, 0.6) is 0 Å². The summed E-state index contributed by atoms with van der Waals surface area (Å²) in [6.07, 6.45) is 2.58. The van der Waals surface area contributed by atoms with Crippen LogP contribution in [0.4, 0.5) is 0 Å².